The van der Waals surface area contributed by atoms with E-state index in [0.717, 1.165) is 48.4 Å². The molecule has 2 heterocycles. The molecule has 2 amide bonds. The summed E-state index contributed by atoms with van der Waals surface area (Å²) in [5.74, 6) is 0.617. The quantitative estimate of drug-likeness (QED) is 0.376. The number of amides is 2. The van der Waals surface area contributed by atoms with Crippen LogP contribution in [0.3, 0.4) is 0 Å². The van der Waals surface area contributed by atoms with Gasteiger partial charge in [0.05, 0.1) is 28.9 Å². The Morgan fingerprint density at radius 2 is 1.72 bits per heavy atom. The summed E-state index contributed by atoms with van der Waals surface area (Å²) >= 11 is 12.4. The number of hydrogen-bond donors (Lipinski definition) is 1. The second kappa shape index (κ2) is 11.9. The molecule has 1 saturated heterocycles. The molecule has 7 nitrogen and oxygen atoms in total. The van der Waals surface area contributed by atoms with Gasteiger partial charge >= 0.3 is 0 Å². The van der Waals surface area contributed by atoms with Crippen molar-refractivity contribution in [1.82, 2.24) is 10.2 Å². The first-order valence-corrected chi connectivity index (χ1v) is 13.8. The molecule has 2 aliphatic rings. The summed E-state index contributed by atoms with van der Waals surface area (Å²) in [6, 6.07) is 18.2. The average Bonchev–Trinajstić information content (AvgIpc) is 3.46. The van der Waals surface area contributed by atoms with Crippen LogP contribution in [0.25, 0.3) is 11.1 Å². The summed E-state index contributed by atoms with van der Waals surface area (Å²) in [6.07, 6.45) is 2.28. The zero-order valence-electron chi connectivity index (χ0n) is 22.0. The number of likely N-dealkylation sites (tertiary alicyclic amines) is 1. The zero-order chi connectivity index (χ0) is 27.5. The van der Waals surface area contributed by atoms with Gasteiger partial charge in [-0.05, 0) is 73.8 Å². The number of nitrogens with zero attached hydrogens (tertiary/aromatic N) is 2. The number of carbonyl (C=O) groups is 2. The standard InChI is InChI=1S/C30H31Cl2N3O4/c1-19(35-27-15-24(31)25(32)16-28(27)39-18-29(35)36)30(37)33-26(17-34-11-3-4-12-34)22-9-5-7-20(13-22)21-8-6-10-23(14-21)38-2/h5-10,13-16,19,26H,3-4,11-12,17-18H2,1-2H3,(H,33,37). The summed E-state index contributed by atoms with van der Waals surface area (Å²) < 4.78 is 11.0. The van der Waals surface area contributed by atoms with Crippen molar-refractivity contribution in [3.63, 3.8) is 0 Å². The summed E-state index contributed by atoms with van der Waals surface area (Å²) in [4.78, 5) is 30.4. The second-order valence-electron chi connectivity index (χ2n) is 9.89. The van der Waals surface area contributed by atoms with Crippen molar-refractivity contribution < 1.29 is 19.1 Å². The van der Waals surface area contributed by atoms with Crippen molar-refractivity contribution in [2.45, 2.75) is 31.8 Å². The van der Waals surface area contributed by atoms with Crippen molar-refractivity contribution in [2.75, 3.05) is 38.3 Å². The van der Waals surface area contributed by atoms with Crippen molar-refractivity contribution in [3.8, 4) is 22.6 Å². The van der Waals surface area contributed by atoms with E-state index in [4.69, 9.17) is 32.7 Å². The Morgan fingerprint density at radius 1 is 1.03 bits per heavy atom. The molecule has 3 aromatic rings. The van der Waals surface area contributed by atoms with Gasteiger partial charge in [-0.3, -0.25) is 14.5 Å². The van der Waals surface area contributed by atoms with Gasteiger partial charge in [0.1, 0.15) is 17.5 Å². The lowest BCUT2D eigenvalue weighted by Crippen LogP contribution is -2.52. The predicted octanol–water partition coefficient (Wildman–Crippen LogP) is 5.74. The molecule has 39 heavy (non-hydrogen) atoms. The van der Waals surface area contributed by atoms with Gasteiger partial charge < -0.3 is 19.7 Å². The lowest BCUT2D eigenvalue weighted by atomic mass is 9.98. The smallest absolute Gasteiger partial charge is 0.265 e. The van der Waals surface area contributed by atoms with E-state index in [9.17, 15) is 9.59 Å². The van der Waals surface area contributed by atoms with Gasteiger partial charge in [-0.25, -0.2) is 0 Å². The zero-order valence-corrected chi connectivity index (χ0v) is 23.5. The van der Waals surface area contributed by atoms with Crippen LogP contribution in [-0.4, -0.2) is 56.1 Å². The highest BCUT2D eigenvalue weighted by Crippen LogP contribution is 2.39. The topological polar surface area (TPSA) is 71.1 Å². The number of methoxy groups -OCH3 is 1. The van der Waals surface area contributed by atoms with E-state index in [2.05, 4.69) is 16.3 Å². The number of anilines is 1. The second-order valence-corrected chi connectivity index (χ2v) is 10.7. The van der Waals surface area contributed by atoms with E-state index in [1.165, 1.54) is 4.90 Å². The van der Waals surface area contributed by atoms with Gasteiger partial charge in [0.15, 0.2) is 6.61 Å². The minimum Gasteiger partial charge on any atom is -0.497 e. The van der Waals surface area contributed by atoms with E-state index < -0.39 is 6.04 Å². The molecule has 0 aliphatic carbocycles. The molecule has 0 radical (unpaired) electrons. The Morgan fingerprint density at radius 3 is 2.46 bits per heavy atom. The Bertz CT molecular complexity index is 1380. The number of ether oxygens (including phenoxy) is 2. The lowest BCUT2D eigenvalue weighted by Gasteiger charge is -2.35. The van der Waals surface area contributed by atoms with E-state index in [-0.39, 0.29) is 29.5 Å². The first-order valence-electron chi connectivity index (χ1n) is 13.0. The van der Waals surface area contributed by atoms with E-state index in [1.54, 1.807) is 26.2 Å². The molecule has 9 heteroatoms. The third kappa shape index (κ3) is 6.01. The SMILES string of the molecule is COc1cccc(-c2cccc(C(CN3CCCC3)NC(=O)C(C)N3C(=O)COc4cc(Cl)c(Cl)cc43)c2)c1. The molecule has 1 N–H and O–H groups in total. The van der Waals surface area contributed by atoms with Crippen LogP contribution in [0.5, 0.6) is 11.5 Å². The molecule has 2 aliphatic heterocycles. The van der Waals surface area contributed by atoms with Gasteiger partial charge in [-0.1, -0.05) is 53.5 Å². The molecule has 1 fully saturated rings. The largest absolute Gasteiger partial charge is 0.497 e. The predicted molar refractivity (Wildman–Crippen MR) is 154 cm³/mol. The van der Waals surface area contributed by atoms with Gasteiger partial charge in [-0.15, -0.1) is 0 Å². The van der Waals surface area contributed by atoms with Crippen LogP contribution in [-0.2, 0) is 9.59 Å². The maximum Gasteiger partial charge on any atom is 0.265 e. The summed E-state index contributed by atoms with van der Waals surface area (Å²) in [7, 11) is 1.65. The Labute approximate surface area is 238 Å². The number of benzene rings is 3. The van der Waals surface area contributed by atoms with Crippen LogP contribution >= 0.6 is 23.2 Å². The molecule has 3 aromatic carbocycles. The minimum atomic E-state index is -0.792. The fourth-order valence-electron chi connectivity index (χ4n) is 5.19. The fourth-order valence-corrected chi connectivity index (χ4v) is 5.51. The summed E-state index contributed by atoms with van der Waals surface area (Å²) in [6.45, 7) is 4.19. The maximum absolute atomic E-state index is 13.7. The van der Waals surface area contributed by atoms with Crippen molar-refractivity contribution in [3.05, 3.63) is 76.3 Å². The first-order chi connectivity index (χ1) is 18.8. The minimum absolute atomic E-state index is 0.178. The number of fused-ring (bicyclic) bond motifs is 1. The van der Waals surface area contributed by atoms with Crippen LogP contribution in [0.15, 0.2) is 60.7 Å². The van der Waals surface area contributed by atoms with Gasteiger partial charge in [0, 0.05) is 12.6 Å². The molecule has 0 saturated carbocycles. The average molecular weight is 569 g/mol. The molecule has 0 aromatic heterocycles. The third-order valence-corrected chi connectivity index (χ3v) is 8.02. The van der Waals surface area contributed by atoms with Crippen molar-refractivity contribution >= 4 is 40.7 Å². The highest BCUT2D eigenvalue weighted by molar-refractivity contribution is 6.42. The number of hydrogen-bond acceptors (Lipinski definition) is 5. The van der Waals surface area contributed by atoms with Gasteiger partial charge in [0.2, 0.25) is 5.91 Å². The highest BCUT2D eigenvalue weighted by atomic mass is 35.5. The Hall–Kier alpha value is -3.26. The van der Waals surface area contributed by atoms with Gasteiger partial charge in [-0.2, -0.15) is 0 Å². The van der Waals surface area contributed by atoms with E-state index in [1.807, 2.05) is 42.5 Å². The molecule has 2 atom stereocenters. The number of rotatable bonds is 8. The van der Waals surface area contributed by atoms with Crippen molar-refractivity contribution in [1.29, 1.82) is 0 Å². The first kappa shape index (κ1) is 27.3. The van der Waals surface area contributed by atoms with Crippen LogP contribution in [0.2, 0.25) is 10.0 Å². The van der Waals surface area contributed by atoms with Crippen LogP contribution in [0.1, 0.15) is 31.4 Å². The highest BCUT2D eigenvalue weighted by Gasteiger charge is 2.35. The van der Waals surface area contributed by atoms with Crippen LogP contribution < -0.4 is 19.7 Å². The molecular weight excluding hydrogens is 537 g/mol. The molecule has 0 spiro atoms. The number of nitrogens with one attached hydrogen (secondary N) is 1. The summed E-state index contributed by atoms with van der Waals surface area (Å²) in [5.41, 5.74) is 3.48. The Kier molecular flexibility index (Phi) is 8.31. The normalized spacial score (nSPS) is 16.8. The molecule has 5 rings (SSSR count). The summed E-state index contributed by atoms with van der Waals surface area (Å²) in [5, 5.41) is 3.84. The third-order valence-electron chi connectivity index (χ3n) is 7.30. The molecule has 0 bridgehead atoms. The van der Waals surface area contributed by atoms with E-state index in [0.29, 0.717) is 23.0 Å². The fraction of sp³-hybridized carbons (Fsp3) is 0.333. The maximum atomic E-state index is 13.7. The van der Waals surface area contributed by atoms with Gasteiger partial charge in [0.25, 0.3) is 5.91 Å². The Balaban J connectivity index is 1.42. The van der Waals surface area contributed by atoms with Crippen LogP contribution in [0.4, 0.5) is 5.69 Å². The number of halogens is 2. The van der Waals surface area contributed by atoms with Crippen LogP contribution in [0, 0.1) is 0 Å². The lowest BCUT2D eigenvalue weighted by molar-refractivity contribution is -0.128. The van der Waals surface area contributed by atoms with Crippen molar-refractivity contribution in [2.24, 2.45) is 0 Å². The molecule has 204 valence electrons. The monoisotopic (exact) mass is 567 g/mol. The number of carbonyl (C=O) groups excluding carboxylic acids is 2. The molecule has 2 unspecified atom stereocenters. The van der Waals surface area contributed by atoms with E-state index >= 15 is 0 Å². The molecular formula is C30H31Cl2N3O4.